The Labute approximate surface area is 220 Å². The first-order chi connectivity index (χ1) is 17.4. The second-order valence-corrected chi connectivity index (χ2v) is 13.0. The molecule has 3 rings (SSSR count). The molecule has 0 aromatic carbocycles. The molecule has 2 fully saturated rings. The highest BCUT2D eigenvalue weighted by atomic mass is 32.2. The van der Waals surface area contributed by atoms with Crippen molar-refractivity contribution in [1.29, 1.82) is 0 Å². The van der Waals surface area contributed by atoms with Crippen molar-refractivity contribution in [3.05, 3.63) is 24.4 Å². The summed E-state index contributed by atoms with van der Waals surface area (Å²) in [6.45, 7) is 6.99. The number of nitrogens with zero attached hydrogens (tertiary/aromatic N) is 2. The van der Waals surface area contributed by atoms with Gasteiger partial charge in [-0.3, -0.25) is 4.79 Å². The molecule has 2 aliphatic rings. The van der Waals surface area contributed by atoms with Crippen molar-refractivity contribution in [3.8, 4) is 0 Å². The van der Waals surface area contributed by atoms with E-state index in [1.165, 1.54) is 12.3 Å². The van der Waals surface area contributed by atoms with Gasteiger partial charge in [0.1, 0.15) is 17.8 Å². The van der Waals surface area contributed by atoms with E-state index >= 15 is 0 Å². The van der Waals surface area contributed by atoms with Crippen LogP contribution < -0.4 is 10.6 Å². The van der Waals surface area contributed by atoms with Crippen molar-refractivity contribution in [1.82, 2.24) is 19.9 Å². The number of aliphatic hydroxyl groups is 1. The lowest BCUT2D eigenvalue weighted by Crippen LogP contribution is -2.61. The quantitative estimate of drug-likeness (QED) is 0.484. The average Bonchev–Trinajstić information content (AvgIpc) is 2.96. The fraction of sp³-hybridized carbons (Fsp3) is 0.731. The Balaban J connectivity index is 1.87. The van der Waals surface area contributed by atoms with Gasteiger partial charge in [0.25, 0.3) is 10.0 Å². The predicted molar refractivity (Wildman–Crippen MR) is 139 cm³/mol. The van der Waals surface area contributed by atoms with E-state index in [1.54, 1.807) is 39.8 Å². The second kappa shape index (κ2) is 12.5. The zero-order valence-electron chi connectivity index (χ0n) is 22.4. The molecule has 1 saturated heterocycles. The first kappa shape index (κ1) is 29.3. The molecular formula is C26H42N4O6S. The number of aliphatic hydroxyl groups excluding tert-OH is 1. The van der Waals surface area contributed by atoms with Crippen molar-refractivity contribution < 1.29 is 27.9 Å². The van der Waals surface area contributed by atoms with Crippen LogP contribution in [0.5, 0.6) is 0 Å². The molecular weight excluding hydrogens is 496 g/mol. The highest BCUT2D eigenvalue weighted by Crippen LogP contribution is 2.29. The molecule has 11 heteroatoms. The van der Waals surface area contributed by atoms with Gasteiger partial charge in [-0.05, 0) is 71.4 Å². The standard InChI is InChI=1S/C26H42N4O6S/c1-18-11-10-14-21(31)23(30(18)37(34,35)22-15-8-9-16-27-22)29-24(32)20(17-19-12-6-5-7-13-19)28-25(33)36-26(2,3)4/h8-9,15-16,18-21,23,31H,5-7,10-14,17H2,1-4H3,(H,28,33)(H,29,32)/t18-,20?,21+,23+/m1/s1. The number of rotatable bonds is 7. The number of amides is 2. The molecule has 1 aliphatic heterocycles. The first-order valence-electron chi connectivity index (χ1n) is 13.3. The van der Waals surface area contributed by atoms with Crippen molar-refractivity contribution in [2.24, 2.45) is 5.92 Å². The number of nitrogens with one attached hydrogen (secondary N) is 2. The van der Waals surface area contributed by atoms with Crippen LogP contribution in [-0.2, 0) is 19.6 Å². The van der Waals surface area contributed by atoms with Gasteiger partial charge in [-0.1, -0.05) is 38.2 Å². The molecule has 0 spiro atoms. The molecule has 2 heterocycles. The second-order valence-electron chi connectivity index (χ2n) is 11.2. The number of carbonyl (C=O) groups is 2. The molecule has 2 amide bonds. The summed E-state index contributed by atoms with van der Waals surface area (Å²) >= 11 is 0. The minimum absolute atomic E-state index is 0.152. The number of aromatic nitrogens is 1. The van der Waals surface area contributed by atoms with Gasteiger partial charge in [-0.15, -0.1) is 0 Å². The van der Waals surface area contributed by atoms with Gasteiger partial charge in [0.15, 0.2) is 5.03 Å². The lowest BCUT2D eigenvalue weighted by molar-refractivity contribution is -0.126. The molecule has 3 N–H and O–H groups in total. The van der Waals surface area contributed by atoms with Crippen LogP contribution in [0.15, 0.2) is 29.4 Å². The van der Waals surface area contributed by atoms with E-state index in [1.807, 2.05) is 0 Å². The summed E-state index contributed by atoms with van der Waals surface area (Å²) in [5.41, 5.74) is -0.740. The van der Waals surface area contributed by atoms with Crippen LogP contribution in [0.3, 0.4) is 0 Å². The van der Waals surface area contributed by atoms with Crippen LogP contribution >= 0.6 is 0 Å². The molecule has 1 aromatic heterocycles. The lowest BCUT2D eigenvalue weighted by atomic mass is 9.84. The summed E-state index contributed by atoms with van der Waals surface area (Å²) in [7, 11) is -4.13. The third-order valence-electron chi connectivity index (χ3n) is 6.97. The molecule has 1 aliphatic carbocycles. The number of hydrogen-bond acceptors (Lipinski definition) is 7. The third-order valence-corrected chi connectivity index (χ3v) is 8.88. The smallest absolute Gasteiger partial charge is 0.408 e. The van der Waals surface area contributed by atoms with Crippen molar-refractivity contribution in [2.75, 3.05) is 0 Å². The third kappa shape index (κ3) is 8.12. The maximum Gasteiger partial charge on any atom is 0.408 e. The van der Waals surface area contributed by atoms with Crippen LogP contribution in [0.25, 0.3) is 0 Å². The molecule has 10 nitrogen and oxygen atoms in total. The summed E-state index contributed by atoms with van der Waals surface area (Å²) < 4.78 is 33.8. The Bertz CT molecular complexity index is 1010. The number of alkyl carbamates (subject to hydrolysis) is 1. The lowest BCUT2D eigenvalue weighted by Gasteiger charge is -2.36. The maximum absolute atomic E-state index is 13.6. The Morgan fingerprint density at radius 1 is 1.14 bits per heavy atom. The molecule has 208 valence electrons. The van der Waals surface area contributed by atoms with Gasteiger partial charge < -0.3 is 20.5 Å². The van der Waals surface area contributed by atoms with Crippen LogP contribution in [0, 0.1) is 5.92 Å². The van der Waals surface area contributed by atoms with Crippen LogP contribution in [-0.4, -0.2) is 64.8 Å². The molecule has 4 atom stereocenters. The molecule has 1 aromatic rings. The number of pyridine rings is 1. The Hall–Kier alpha value is -2.24. The minimum Gasteiger partial charge on any atom is -0.444 e. The molecule has 37 heavy (non-hydrogen) atoms. The molecule has 0 radical (unpaired) electrons. The Kier molecular flexibility index (Phi) is 9.93. The summed E-state index contributed by atoms with van der Waals surface area (Å²) in [6, 6.07) is 3.19. The highest BCUT2D eigenvalue weighted by molar-refractivity contribution is 7.89. The molecule has 1 saturated carbocycles. The fourth-order valence-corrected chi connectivity index (χ4v) is 6.92. The van der Waals surface area contributed by atoms with Gasteiger partial charge >= 0.3 is 6.09 Å². The van der Waals surface area contributed by atoms with E-state index in [9.17, 15) is 23.1 Å². The number of carbonyl (C=O) groups excluding carboxylic acids is 2. The summed E-state index contributed by atoms with van der Waals surface area (Å²) in [5, 5.41) is 16.3. The Morgan fingerprint density at radius 3 is 2.46 bits per heavy atom. The van der Waals surface area contributed by atoms with Crippen LogP contribution in [0.4, 0.5) is 4.79 Å². The maximum atomic E-state index is 13.6. The van der Waals surface area contributed by atoms with Gasteiger partial charge in [0.05, 0.1) is 6.10 Å². The first-order valence-corrected chi connectivity index (χ1v) is 14.7. The minimum atomic E-state index is -4.13. The van der Waals surface area contributed by atoms with Gasteiger partial charge in [0.2, 0.25) is 5.91 Å². The van der Waals surface area contributed by atoms with E-state index < -0.39 is 52.0 Å². The van der Waals surface area contributed by atoms with E-state index in [0.29, 0.717) is 25.7 Å². The summed E-state index contributed by atoms with van der Waals surface area (Å²) in [6.07, 6.45) is 5.44. The van der Waals surface area contributed by atoms with Crippen molar-refractivity contribution >= 4 is 22.0 Å². The number of ether oxygens (including phenoxy) is 1. The average molecular weight is 539 g/mol. The van der Waals surface area contributed by atoms with E-state index in [0.717, 1.165) is 36.4 Å². The molecule has 0 bridgehead atoms. The van der Waals surface area contributed by atoms with Crippen molar-refractivity contribution in [2.45, 2.75) is 120 Å². The molecule has 1 unspecified atom stereocenters. The van der Waals surface area contributed by atoms with Crippen molar-refractivity contribution in [3.63, 3.8) is 0 Å². The van der Waals surface area contributed by atoms with Crippen LogP contribution in [0.1, 0.15) is 85.5 Å². The SMILES string of the molecule is C[C@@H]1CCC[C@H](O)[C@@H](NC(=O)C(CC2CCCCC2)NC(=O)OC(C)(C)C)N1S(=O)(=O)c1ccccn1. The highest BCUT2D eigenvalue weighted by Gasteiger charge is 2.43. The monoisotopic (exact) mass is 538 g/mol. The summed E-state index contributed by atoms with van der Waals surface area (Å²) in [5.74, 6) is -0.290. The normalized spacial score (nSPS) is 25.1. The Morgan fingerprint density at radius 2 is 1.84 bits per heavy atom. The largest absolute Gasteiger partial charge is 0.444 e. The van der Waals surface area contributed by atoms with Crippen LogP contribution in [0.2, 0.25) is 0 Å². The van der Waals surface area contributed by atoms with Gasteiger partial charge in [-0.25, -0.2) is 18.2 Å². The van der Waals surface area contributed by atoms with Gasteiger partial charge in [0, 0.05) is 12.2 Å². The van der Waals surface area contributed by atoms with E-state index in [4.69, 9.17) is 4.74 Å². The predicted octanol–water partition coefficient (Wildman–Crippen LogP) is 3.31. The van der Waals surface area contributed by atoms with E-state index in [-0.39, 0.29) is 10.9 Å². The fourth-order valence-electron chi connectivity index (χ4n) is 5.19. The zero-order chi connectivity index (χ0) is 27.2. The summed E-state index contributed by atoms with van der Waals surface area (Å²) in [4.78, 5) is 30.3. The number of hydrogen-bond donors (Lipinski definition) is 3. The number of sulfonamides is 1. The van der Waals surface area contributed by atoms with E-state index in [2.05, 4.69) is 15.6 Å². The van der Waals surface area contributed by atoms with Gasteiger partial charge in [-0.2, -0.15) is 4.31 Å². The topological polar surface area (TPSA) is 138 Å². The zero-order valence-corrected chi connectivity index (χ0v) is 23.2.